The number of carbonyl (C=O) groups is 1. The second-order valence-electron chi connectivity index (χ2n) is 1.55. The Bertz CT molecular complexity index is 164. The molecule has 64 valence electrons. The number of thioether (sulfide) groups is 1. The molecule has 0 aromatic rings. The summed E-state index contributed by atoms with van der Waals surface area (Å²) < 4.78 is 34.1. The van der Waals surface area contributed by atoms with E-state index in [2.05, 4.69) is 0 Å². The van der Waals surface area contributed by atoms with Crippen molar-refractivity contribution in [3.05, 3.63) is 11.5 Å². The van der Waals surface area contributed by atoms with Crippen molar-refractivity contribution in [1.82, 2.24) is 0 Å². The minimum atomic E-state index is -4.26. The van der Waals surface area contributed by atoms with Crippen molar-refractivity contribution in [1.29, 1.82) is 0 Å². The van der Waals surface area contributed by atoms with Gasteiger partial charge >= 0.3 is 6.18 Å². The highest BCUT2D eigenvalue weighted by Crippen LogP contribution is 2.21. The molecule has 0 rings (SSSR count). The number of carbonyl (C=O) groups excluding carboxylic acids is 1. The average molecular weight is 185 g/mol. The van der Waals surface area contributed by atoms with Gasteiger partial charge in [-0.1, -0.05) is 0 Å². The molecule has 0 aliphatic rings. The van der Waals surface area contributed by atoms with Gasteiger partial charge in [-0.05, 0) is 11.5 Å². The molecule has 2 nitrogen and oxygen atoms in total. The second-order valence-corrected chi connectivity index (χ2v) is 2.44. The molecular weight excluding hydrogens is 181 g/mol. The summed E-state index contributed by atoms with van der Waals surface area (Å²) in [6.07, 6.45) is -3.71. The Morgan fingerprint density at radius 2 is 2.09 bits per heavy atom. The lowest BCUT2D eigenvalue weighted by atomic mass is 10.7. The first-order chi connectivity index (χ1) is 4.92. The van der Waals surface area contributed by atoms with Gasteiger partial charge in [-0.2, -0.15) is 13.2 Å². The lowest BCUT2D eigenvalue weighted by molar-refractivity contribution is -0.297. The molecule has 0 heterocycles. The van der Waals surface area contributed by atoms with Crippen LogP contribution in [-0.2, 0) is 4.79 Å². The van der Waals surface area contributed by atoms with Gasteiger partial charge in [0.25, 0.3) is 0 Å². The number of carboxylic acid groups (broad SMARTS) is 1. The maximum atomic E-state index is 11.4. The minimum Gasteiger partial charge on any atom is -0.545 e. The molecule has 0 aliphatic carbocycles. The third kappa shape index (κ3) is 9.35. The Morgan fingerprint density at radius 3 is 2.45 bits per heavy atom. The number of alkyl halides is 3. The number of hydrogen-bond acceptors (Lipinski definition) is 3. The predicted octanol–water partition coefficient (Wildman–Crippen LogP) is 0.545. The summed E-state index contributed by atoms with van der Waals surface area (Å²) in [6.45, 7) is 0. The Hall–Kier alpha value is -0.650. The predicted molar refractivity (Wildman–Crippen MR) is 32.7 cm³/mol. The monoisotopic (exact) mass is 185 g/mol. The fourth-order valence-electron chi connectivity index (χ4n) is 0.246. The van der Waals surface area contributed by atoms with E-state index in [4.69, 9.17) is 0 Å². The molecule has 0 aliphatic heterocycles. The van der Waals surface area contributed by atoms with E-state index < -0.39 is 17.9 Å². The first-order valence-corrected chi connectivity index (χ1v) is 3.52. The van der Waals surface area contributed by atoms with Crippen LogP contribution in [0.4, 0.5) is 13.2 Å². The summed E-state index contributed by atoms with van der Waals surface area (Å²) in [5.74, 6) is -2.59. The smallest absolute Gasteiger partial charge is 0.398 e. The molecule has 0 saturated heterocycles. The molecule has 0 spiro atoms. The summed E-state index contributed by atoms with van der Waals surface area (Å²) in [5, 5.41) is 10.5. The molecule has 6 heteroatoms. The van der Waals surface area contributed by atoms with E-state index in [1.54, 1.807) is 0 Å². The molecule has 11 heavy (non-hydrogen) atoms. The van der Waals surface area contributed by atoms with Gasteiger partial charge < -0.3 is 9.90 Å². The summed E-state index contributed by atoms with van der Waals surface area (Å²) in [6, 6.07) is 0. The number of hydrogen-bond donors (Lipinski definition) is 0. The van der Waals surface area contributed by atoms with Crippen LogP contribution >= 0.6 is 11.8 Å². The molecule has 0 fully saturated rings. The minimum absolute atomic E-state index is 0.362. The molecule has 0 saturated carbocycles. The van der Waals surface area contributed by atoms with Gasteiger partial charge in [0.2, 0.25) is 0 Å². The lowest BCUT2D eigenvalue weighted by Gasteiger charge is -2.01. The summed E-state index contributed by atoms with van der Waals surface area (Å²) in [7, 11) is 0. The molecule has 0 aromatic heterocycles. The van der Waals surface area contributed by atoms with Gasteiger partial charge in [0.15, 0.2) is 0 Å². The molecule has 0 aromatic carbocycles. The van der Waals surface area contributed by atoms with Crippen molar-refractivity contribution in [3.63, 3.8) is 0 Å². The maximum absolute atomic E-state index is 11.4. The van der Waals surface area contributed by atoms with E-state index in [9.17, 15) is 23.1 Å². The van der Waals surface area contributed by atoms with Gasteiger partial charge in [0, 0.05) is 0 Å². The first-order valence-electron chi connectivity index (χ1n) is 2.48. The third-order valence-electron chi connectivity index (χ3n) is 0.547. The molecule has 0 unspecified atom stereocenters. The van der Waals surface area contributed by atoms with Crippen LogP contribution in [0.15, 0.2) is 11.5 Å². The zero-order valence-electron chi connectivity index (χ0n) is 5.22. The van der Waals surface area contributed by atoms with Crippen LogP contribution in [0, 0.1) is 0 Å². The van der Waals surface area contributed by atoms with Gasteiger partial charge in [0.1, 0.15) is 0 Å². The lowest BCUT2D eigenvalue weighted by Crippen LogP contribution is -2.18. The van der Waals surface area contributed by atoms with Crippen LogP contribution in [0.2, 0.25) is 0 Å². The highest BCUT2D eigenvalue weighted by atomic mass is 32.2. The highest BCUT2D eigenvalue weighted by Gasteiger charge is 2.25. The first kappa shape index (κ1) is 10.3. The van der Waals surface area contributed by atoms with E-state index in [1.165, 1.54) is 0 Å². The number of carboxylic acids is 1. The molecule has 0 atom stereocenters. The SMILES string of the molecule is O=C([O-])C=CSCC(F)(F)F. The topological polar surface area (TPSA) is 40.1 Å². The van der Waals surface area contributed by atoms with Gasteiger partial charge in [-0.3, -0.25) is 0 Å². The summed E-state index contributed by atoms with van der Waals surface area (Å²) in [5.41, 5.74) is 0. The molecule has 0 N–H and O–H groups in total. The Morgan fingerprint density at radius 1 is 1.55 bits per heavy atom. The van der Waals surface area contributed by atoms with Crippen LogP contribution in [0.25, 0.3) is 0 Å². The standard InChI is InChI=1S/C5H5F3O2S/c6-5(7,8)3-11-2-1-4(9)10/h1-2H,3H2,(H,9,10)/p-1. The zero-order chi connectivity index (χ0) is 8.91. The number of halogens is 3. The maximum Gasteiger partial charge on any atom is 0.398 e. The van der Waals surface area contributed by atoms with Crippen molar-refractivity contribution in [2.45, 2.75) is 6.18 Å². The van der Waals surface area contributed by atoms with Crippen LogP contribution in [0.1, 0.15) is 0 Å². The van der Waals surface area contributed by atoms with Crippen LogP contribution in [-0.4, -0.2) is 17.9 Å². The Kier molecular flexibility index (Phi) is 4.02. The Balaban J connectivity index is 3.50. The quantitative estimate of drug-likeness (QED) is 0.602. The molecular formula is C5H4F3O2S-. The fraction of sp³-hybridized carbons (Fsp3) is 0.400. The zero-order valence-corrected chi connectivity index (χ0v) is 6.04. The van der Waals surface area contributed by atoms with Crippen LogP contribution in [0.3, 0.4) is 0 Å². The van der Waals surface area contributed by atoms with Crippen molar-refractivity contribution in [2.75, 3.05) is 5.75 Å². The average Bonchev–Trinajstić information content (AvgIpc) is 1.78. The van der Waals surface area contributed by atoms with E-state index >= 15 is 0 Å². The largest absolute Gasteiger partial charge is 0.545 e. The van der Waals surface area contributed by atoms with Gasteiger partial charge in [0.05, 0.1) is 11.7 Å². The molecule has 0 amide bonds. The van der Waals surface area contributed by atoms with E-state index in [-0.39, 0.29) is 0 Å². The highest BCUT2D eigenvalue weighted by molar-refractivity contribution is 8.02. The normalized spacial score (nSPS) is 12.3. The fourth-order valence-corrected chi connectivity index (χ4v) is 0.739. The van der Waals surface area contributed by atoms with Crippen molar-refractivity contribution < 1.29 is 23.1 Å². The Labute approximate surface area is 65.1 Å². The summed E-state index contributed by atoms with van der Waals surface area (Å²) in [4.78, 5) is 9.63. The van der Waals surface area contributed by atoms with E-state index in [0.29, 0.717) is 17.8 Å². The third-order valence-corrected chi connectivity index (χ3v) is 1.37. The summed E-state index contributed by atoms with van der Waals surface area (Å²) >= 11 is 0.362. The second kappa shape index (κ2) is 4.27. The van der Waals surface area contributed by atoms with Crippen molar-refractivity contribution >= 4 is 17.7 Å². The molecule has 0 radical (unpaired) electrons. The number of rotatable bonds is 3. The van der Waals surface area contributed by atoms with Crippen LogP contribution in [0.5, 0.6) is 0 Å². The van der Waals surface area contributed by atoms with Gasteiger partial charge in [-0.15, -0.1) is 11.8 Å². The van der Waals surface area contributed by atoms with Crippen molar-refractivity contribution in [3.8, 4) is 0 Å². The van der Waals surface area contributed by atoms with E-state index in [1.807, 2.05) is 0 Å². The van der Waals surface area contributed by atoms with E-state index in [0.717, 1.165) is 5.41 Å². The molecule has 0 bridgehead atoms. The number of aliphatic carboxylic acids is 1. The van der Waals surface area contributed by atoms with Crippen molar-refractivity contribution in [2.24, 2.45) is 0 Å². The van der Waals surface area contributed by atoms with Crippen LogP contribution < -0.4 is 5.11 Å². The van der Waals surface area contributed by atoms with Gasteiger partial charge in [-0.25, -0.2) is 0 Å².